The molecule has 0 radical (unpaired) electrons. The molecular weight excluding hydrogens is 400 g/mol. The molecule has 0 fully saturated rings. The van der Waals surface area contributed by atoms with Crippen LogP contribution >= 0.6 is 0 Å². The zero-order valence-corrected chi connectivity index (χ0v) is 18.7. The summed E-state index contributed by atoms with van der Waals surface area (Å²) in [4.78, 5) is 7.94. The molecule has 0 bridgehead atoms. The average molecular weight is 431 g/mol. The minimum Gasteiger partial charge on any atom is -0.326 e. The van der Waals surface area contributed by atoms with Crippen molar-refractivity contribution in [3.05, 3.63) is 59.7 Å². The van der Waals surface area contributed by atoms with E-state index in [1.165, 1.54) is 24.0 Å². The molecule has 166 valence electrons. The summed E-state index contributed by atoms with van der Waals surface area (Å²) in [6, 6.07) is 16.5. The Balaban J connectivity index is 1.64. The minimum atomic E-state index is 0.432. The monoisotopic (exact) mass is 430 g/mol. The van der Waals surface area contributed by atoms with E-state index in [4.69, 9.17) is 10.5 Å². The zero-order chi connectivity index (χ0) is 23.0. The number of hydrogen-bond donors (Lipinski definition) is 4. The summed E-state index contributed by atoms with van der Waals surface area (Å²) < 4.78 is 0. The summed E-state index contributed by atoms with van der Waals surface area (Å²) in [5.74, 6) is 0.864. The number of unbranched alkanes of at least 4 members (excludes halogenated alkanes) is 3. The standard InChI is InChI=1S/C24H30N8/c1-27-23(29-17-25)31-21-13-9-19(10-14-21)7-5-3-4-6-8-20-11-15-22(16-12-20)32-24(28-2)30-18-26/h9-16H,3-8H2,1-2H3,(H2,27,29,31)(H2,28,30,32). The van der Waals surface area contributed by atoms with Crippen LogP contribution in [0.4, 0.5) is 11.4 Å². The van der Waals surface area contributed by atoms with Gasteiger partial charge in [0.25, 0.3) is 0 Å². The second-order valence-electron chi connectivity index (χ2n) is 7.18. The second-order valence-corrected chi connectivity index (χ2v) is 7.18. The molecule has 0 aliphatic heterocycles. The van der Waals surface area contributed by atoms with Gasteiger partial charge in [-0.1, -0.05) is 37.1 Å². The van der Waals surface area contributed by atoms with Crippen molar-refractivity contribution in [3.8, 4) is 12.4 Å². The Bertz CT molecular complexity index is 882. The highest BCUT2D eigenvalue weighted by molar-refractivity contribution is 5.95. The van der Waals surface area contributed by atoms with Gasteiger partial charge in [-0.15, -0.1) is 0 Å². The van der Waals surface area contributed by atoms with Crippen molar-refractivity contribution < 1.29 is 0 Å². The number of nitrogens with one attached hydrogen (secondary N) is 4. The Morgan fingerprint density at radius 3 is 1.34 bits per heavy atom. The summed E-state index contributed by atoms with van der Waals surface area (Å²) in [6.45, 7) is 0. The molecule has 0 saturated carbocycles. The van der Waals surface area contributed by atoms with E-state index < -0.39 is 0 Å². The molecule has 8 heteroatoms. The molecule has 32 heavy (non-hydrogen) atoms. The van der Waals surface area contributed by atoms with Crippen molar-refractivity contribution in [2.45, 2.75) is 38.5 Å². The van der Waals surface area contributed by atoms with E-state index in [-0.39, 0.29) is 0 Å². The van der Waals surface area contributed by atoms with Crippen molar-refractivity contribution in [1.82, 2.24) is 10.6 Å². The number of rotatable bonds is 9. The van der Waals surface area contributed by atoms with Crippen molar-refractivity contribution >= 4 is 23.3 Å². The molecule has 4 N–H and O–H groups in total. The molecule has 0 atom stereocenters. The molecule has 0 aliphatic rings. The largest absolute Gasteiger partial charge is 0.326 e. The average Bonchev–Trinajstić information content (AvgIpc) is 2.82. The molecule has 2 rings (SSSR count). The predicted molar refractivity (Wildman–Crippen MR) is 130 cm³/mol. The van der Waals surface area contributed by atoms with Crippen molar-refractivity contribution in [2.24, 2.45) is 9.98 Å². The van der Waals surface area contributed by atoms with Gasteiger partial charge in [0, 0.05) is 25.5 Å². The van der Waals surface area contributed by atoms with Gasteiger partial charge in [-0.2, -0.15) is 10.5 Å². The van der Waals surface area contributed by atoms with Crippen molar-refractivity contribution in [1.29, 1.82) is 10.5 Å². The fourth-order valence-corrected chi connectivity index (χ4v) is 3.19. The summed E-state index contributed by atoms with van der Waals surface area (Å²) in [5, 5.41) is 28.5. The SMILES string of the molecule is CN=C(NC#N)Nc1ccc(CCCCCCc2ccc(NC(=NC)NC#N)cc2)cc1. The molecule has 0 spiro atoms. The lowest BCUT2D eigenvalue weighted by molar-refractivity contribution is 0.640. The minimum absolute atomic E-state index is 0.432. The van der Waals surface area contributed by atoms with Crippen LogP contribution in [0.2, 0.25) is 0 Å². The van der Waals surface area contributed by atoms with E-state index in [1.807, 2.05) is 36.7 Å². The van der Waals surface area contributed by atoms with Gasteiger partial charge in [0.15, 0.2) is 12.4 Å². The number of nitrogens with zero attached hydrogens (tertiary/aromatic N) is 4. The highest BCUT2D eigenvalue weighted by Gasteiger charge is 2.01. The van der Waals surface area contributed by atoms with Crippen LogP contribution in [0.1, 0.15) is 36.8 Å². The van der Waals surface area contributed by atoms with Crippen LogP contribution in [0.5, 0.6) is 0 Å². The van der Waals surface area contributed by atoms with Crippen LogP contribution in [0, 0.1) is 22.9 Å². The molecule has 0 heterocycles. The molecule has 0 aromatic heterocycles. The van der Waals surface area contributed by atoms with Gasteiger partial charge in [0.2, 0.25) is 11.9 Å². The van der Waals surface area contributed by atoms with Crippen LogP contribution in [0.3, 0.4) is 0 Å². The smallest absolute Gasteiger partial charge is 0.208 e. The maximum Gasteiger partial charge on any atom is 0.208 e. The van der Waals surface area contributed by atoms with Crippen LogP contribution < -0.4 is 21.3 Å². The molecule has 2 aromatic rings. The van der Waals surface area contributed by atoms with E-state index in [2.05, 4.69) is 55.5 Å². The number of aliphatic imine (C=N–C) groups is 2. The van der Waals surface area contributed by atoms with E-state index in [1.54, 1.807) is 14.1 Å². The lowest BCUT2D eigenvalue weighted by Gasteiger charge is -2.09. The quantitative estimate of drug-likeness (QED) is 0.157. The molecule has 0 amide bonds. The number of guanidine groups is 2. The van der Waals surface area contributed by atoms with Crippen molar-refractivity contribution in [3.63, 3.8) is 0 Å². The van der Waals surface area contributed by atoms with E-state index in [0.717, 1.165) is 37.1 Å². The highest BCUT2D eigenvalue weighted by Crippen LogP contribution is 2.15. The Labute approximate surface area is 190 Å². The number of hydrogen-bond acceptors (Lipinski definition) is 4. The lowest BCUT2D eigenvalue weighted by atomic mass is 10.0. The number of aryl methyl sites for hydroxylation is 2. The van der Waals surface area contributed by atoms with Gasteiger partial charge in [0.05, 0.1) is 0 Å². The van der Waals surface area contributed by atoms with Gasteiger partial charge in [0.1, 0.15) is 0 Å². The molecule has 0 aliphatic carbocycles. The summed E-state index contributed by atoms with van der Waals surface area (Å²) in [6.07, 6.45) is 10.6. The van der Waals surface area contributed by atoms with Gasteiger partial charge < -0.3 is 10.6 Å². The van der Waals surface area contributed by atoms with Crippen molar-refractivity contribution in [2.75, 3.05) is 24.7 Å². The first kappa shape index (κ1) is 24.2. The van der Waals surface area contributed by atoms with Crippen LogP contribution in [0.15, 0.2) is 58.5 Å². The molecule has 0 saturated heterocycles. The Morgan fingerprint density at radius 1 is 0.656 bits per heavy atom. The second kappa shape index (κ2) is 14.1. The maximum atomic E-state index is 8.68. The predicted octanol–water partition coefficient (Wildman–Crippen LogP) is 3.97. The number of benzene rings is 2. The first-order valence-corrected chi connectivity index (χ1v) is 10.6. The van der Waals surface area contributed by atoms with Crippen LogP contribution in [0.25, 0.3) is 0 Å². The number of anilines is 2. The van der Waals surface area contributed by atoms with E-state index in [9.17, 15) is 0 Å². The fraction of sp³-hybridized carbons (Fsp3) is 0.333. The molecule has 0 unspecified atom stereocenters. The fourth-order valence-electron chi connectivity index (χ4n) is 3.19. The third-order valence-corrected chi connectivity index (χ3v) is 4.91. The van der Waals surface area contributed by atoms with E-state index in [0.29, 0.717) is 11.9 Å². The van der Waals surface area contributed by atoms with Crippen LogP contribution in [-0.2, 0) is 12.8 Å². The first-order chi connectivity index (χ1) is 15.7. The molecule has 2 aromatic carbocycles. The van der Waals surface area contributed by atoms with Gasteiger partial charge in [-0.25, -0.2) is 0 Å². The van der Waals surface area contributed by atoms with Gasteiger partial charge in [-0.3, -0.25) is 20.6 Å². The Kier molecular flexibility index (Phi) is 10.6. The summed E-state index contributed by atoms with van der Waals surface area (Å²) >= 11 is 0. The summed E-state index contributed by atoms with van der Waals surface area (Å²) in [5.41, 5.74) is 4.42. The molecular formula is C24H30N8. The van der Waals surface area contributed by atoms with Gasteiger partial charge >= 0.3 is 0 Å². The topological polar surface area (TPSA) is 120 Å². The number of nitriles is 2. The van der Waals surface area contributed by atoms with Gasteiger partial charge in [-0.05, 0) is 61.1 Å². The van der Waals surface area contributed by atoms with E-state index >= 15 is 0 Å². The maximum absolute atomic E-state index is 8.68. The zero-order valence-electron chi connectivity index (χ0n) is 18.7. The Morgan fingerprint density at radius 2 is 1.03 bits per heavy atom. The highest BCUT2D eigenvalue weighted by atomic mass is 15.2. The molecule has 8 nitrogen and oxygen atoms in total. The lowest BCUT2D eigenvalue weighted by Crippen LogP contribution is -2.26. The summed E-state index contributed by atoms with van der Waals surface area (Å²) in [7, 11) is 3.25. The third kappa shape index (κ3) is 8.76. The third-order valence-electron chi connectivity index (χ3n) is 4.91. The Hall–Kier alpha value is -4.04. The van der Waals surface area contributed by atoms with Crippen LogP contribution in [-0.4, -0.2) is 26.0 Å². The first-order valence-electron chi connectivity index (χ1n) is 10.6. The normalized spacial score (nSPS) is 11.2.